The monoisotopic (exact) mass is 448 g/mol. The molecule has 5 rings (SSSR count). The molecule has 0 radical (unpaired) electrons. The highest BCUT2D eigenvalue weighted by Gasteiger charge is 2.27. The smallest absolute Gasteiger partial charge is 0.157 e. The van der Waals surface area contributed by atoms with Gasteiger partial charge < -0.3 is 14.1 Å². The van der Waals surface area contributed by atoms with Crippen LogP contribution in [0.5, 0.6) is 0 Å². The van der Waals surface area contributed by atoms with Crippen molar-refractivity contribution in [3.63, 3.8) is 0 Å². The summed E-state index contributed by atoms with van der Waals surface area (Å²) in [6.07, 6.45) is 4.60. The number of hydrogen-bond acceptors (Lipinski definition) is 5. The van der Waals surface area contributed by atoms with Gasteiger partial charge in [0.25, 0.3) is 0 Å². The van der Waals surface area contributed by atoms with Crippen LogP contribution in [0.25, 0.3) is 16.7 Å². The predicted octanol–water partition coefficient (Wildman–Crippen LogP) is 5.23. The Morgan fingerprint density at radius 3 is 2.88 bits per heavy atom. The molecule has 4 heterocycles. The first-order valence-electron chi connectivity index (χ1n) is 11.0. The van der Waals surface area contributed by atoms with Crippen LogP contribution in [0.2, 0.25) is 0 Å². The lowest BCUT2D eigenvalue weighted by Gasteiger charge is -2.31. The maximum absolute atomic E-state index is 10.0. The number of furan rings is 1. The Balaban J connectivity index is 1.80. The molecule has 164 valence electrons. The van der Waals surface area contributed by atoms with Crippen molar-refractivity contribution in [3.05, 3.63) is 65.1 Å². The Morgan fingerprint density at radius 2 is 2.16 bits per heavy atom. The minimum Gasteiger partial charge on any atom is -0.467 e. The second-order valence-corrected chi connectivity index (χ2v) is 8.59. The van der Waals surface area contributed by atoms with Crippen molar-refractivity contribution < 1.29 is 9.15 Å². The van der Waals surface area contributed by atoms with Crippen molar-refractivity contribution in [2.75, 3.05) is 23.9 Å². The molecule has 0 aliphatic carbocycles. The van der Waals surface area contributed by atoms with Crippen LogP contribution in [0.15, 0.2) is 47.1 Å². The number of nitrogens with zero attached hydrogens (tertiary/aromatic N) is 4. The molecule has 1 atom stereocenters. The van der Waals surface area contributed by atoms with Gasteiger partial charge in [0.1, 0.15) is 17.6 Å². The minimum absolute atomic E-state index is 0.148. The number of fused-ring (bicyclic) bond motifs is 3. The zero-order valence-electron chi connectivity index (χ0n) is 18.1. The van der Waals surface area contributed by atoms with Gasteiger partial charge in [0, 0.05) is 19.0 Å². The summed E-state index contributed by atoms with van der Waals surface area (Å²) in [7, 11) is 0. The van der Waals surface area contributed by atoms with Gasteiger partial charge >= 0.3 is 0 Å². The van der Waals surface area contributed by atoms with Gasteiger partial charge in [-0.2, -0.15) is 5.26 Å². The lowest BCUT2D eigenvalue weighted by molar-refractivity contribution is 0.115. The number of aromatic nitrogens is 2. The number of nitriles is 1. The molecular formula is C25H25ClN4O2. The van der Waals surface area contributed by atoms with Gasteiger partial charge in [0.05, 0.1) is 35.5 Å². The van der Waals surface area contributed by atoms with Gasteiger partial charge in [-0.15, -0.1) is 11.6 Å². The third kappa shape index (κ3) is 3.62. The third-order valence-corrected chi connectivity index (χ3v) is 6.41. The van der Waals surface area contributed by atoms with Gasteiger partial charge in [0.2, 0.25) is 0 Å². The van der Waals surface area contributed by atoms with E-state index in [0.29, 0.717) is 30.1 Å². The van der Waals surface area contributed by atoms with Crippen molar-refractivity contribution in [3.8, 4) is 6.07 Å². The highest BCUT2D eigenvalue weighted by molar-refractivity contribution is 6.18. The van der Waals surface area contributed by atoms with Crippen molar-refractivity contribution in [1.82, 2.24) is 9.38 Å². The first-order chi connectivity index (χ1) is 15.7. The van der Waals surface area contributed by atoms with E-state index in [-0.39, 0.29) is 6.10 Å². The Hall–Kier alpha value is -3.01. The SMILES string of the molecule is Cc1c(CCCl)c(N(Cc2ccco2)CC2CCCO2)n2c(nc3ccccc32)c1C#N. The molecule has 4 aromatic rings. The van der Waals surface area contributed by atoms with Crippen molar-refractivity contribution in [1.29, 1.82) is 5.26 Å². The fourth-order valence-electron chi connectivity index (χ4n) is 4.74. The van der Waals surface area contributed by atoms with E-state index < -0.39 is 0 Å². The lowest BCUT2D eigenvalue weighted by atomic mass is 10.0. The van der Waals surface area contributed by atoms with E-state index in [1.54, 1.807) is 6.26 Å². The summed E-state index contributed by atoms with van der Waals surface area (Å²) in [5, 5.41) is 10.0. The average Bonchev–Trinajstić information content (AvgIpc) is 3.56. The lowest BCUT2D eigenvalue weighted by Crippen LogP contribution is -2.34. The second-order valence-electron chi connectivity index (χ2n) is 8.21. The molecule has 1 unspecified atom stereocenters. The van der Waals surface area contributed by atoms with Crippen molar-refractivity contribution in [2.45, 2.75) is 38.8 Å². The molecular weight excluding hydrogens is 424 g/mol. The number of para-hydroxylation sites is 2. The van der Waals surface area contributed by atoms with E-state index in [2.05, 4.69) is 21.4 Å². The summed E-state index contributed by atoms with van der Waals surface area (Å²) >= 11 is 6.27. The first-order valence-corrected chi connectivity index (χ1v) is 11.5. The van der Waals surface area contributed by atoms with E-state index in [9.17, 15) is 5.26 Å². The van der Waals surface area contributed by atoms with Gasteiger partial charge in [-0.25, -0.2) is 4.98 Å². The highest BCUT2D eigenvalue weighted by Crippen LogP contribution is 2.35. The fourth-order valence-corrected chi connectivity index (χ4v) is 4.93. The molecule has 3 aromatic heterocycles. The van der Waals surface area contributed by atoms with Gasteiger partial charge in [0.15, 0.2) is 5.65 Å². The molecule has 0 amide bonds. The molecule has 1 saturated heterocycles. The van der Waals surface area contributed by atoms with Crippen molar-refractivity contribution in [2.24, 2.45) is 0 Å². The summed E-state index contributed by atoms with van der Waals surface area (Å²) in [4.78, 5) is 7.16. The summed E-state index contributed by atoms with van der Waals surface area (Å²) in [6.45, 7) is 4.11. The molecule has 0 spiro atoms. The van der Waals surface area contributed by atoms with E-state index in [0.717, 1.165) is 59.7 Å². The zero-order chi connectivity index (χ0) is 22.1. The number of anilines is 1. The molecule has 32 heavy (non-hydrogen) atoms. The summed E-state index contributed by atoms with van der Waals surface area (Å²) in [6, 6.07) is 14.3. The highest BCUT2D eigenvalue weighted by atomic mass is 35.5. The Bertz CT molecular complexity index is 1280. The summed E-state index contributed by atoms with van der Waals surface area (Å²) in [5.41, 5.74) is 5.11. The molecule has 1 aliphatic rings. The quantitative estimate of drug-likeness (QED) is 0.362. The maximum Gasteiger partial charge on any atom is 0.157 e. The molecule has 7 heteroatoms. The molecule has 0 saturated carbocycles. The van der Waals surface area contributed by atoms with Crippen LogP contribution < -0.4 is 4.90 Å². The number of imidazole rings is 1. The Morgan fingerprint density at radius 1 is 1.28 bits per heavy atom. The van der Waals surface area contributed by atoms with Crippen LogP contribution in [0.4, 0.5) is 5.82 Å². The van der Waals surface area contributed by atoms with Crippen molar-refractivity contribution >= 4 is 34.1 Å². The van der Waals surface area contributed by atoms with E-state index in [1.165, 1.54) is 0 Å². The van der Waals surface area contributed by atoms with Crippen LogP contribution in [-0.2, 0) is 17.7 Å². The van der Waals surface area contributed by atoms with E-state index in [1.807, 2.05) is 37.3 Å². The fraction of sp³-hybridized carbons (Fsp3) is 0.360. The molecule has 0 bridgehead atoms. The van der Waals surface area contributed by atoms with Crippen LogP contribution in [0.3, 0.4) is 0 Å². The maximum atomic E-state index is 10.0. The van der Waals surface area contributed by atoms with Crippen LogP contribution in [0, 0.1) is 18.3 Å². The number of pyridine rings is 1. The standard InChI is InChI=1S/C25H25ClN4O2/c1-17-20(10-11-26)25(29(15-18-6-4-12-31-18)16-19-7-5-13-32-19)30-23-9-3-2-8-22(23)28-24(30)21(17)14-27/h2-4,6,8-9,12,19H,5,7,10-11,13,15-16H2,1H3. The largest absolute Gasteiger partial charge is 0.467 e. The molecule has 0 N–H and O–H groups in total. The number of alkyl halides is 1. The van der Waals surface area contributed by atoms with Gasteiger partial charge in [-0.1, -0.05) is 12.1 Å². The topological polar surface area (TPSA) is 66.7 Å². The summed E-state index contributed by atoms with van der Waals surface area (Å²) < 4.78 is 13.9. The third-order valence-electron chi connectivity index (χ3n) is 6.22. The summed E-state index contributed by atoms with van der Waals surface area (Å²) in [5.74, 6) is 2.35. The molecule has 6 nitrogen and oxygen atoms in total. The minimum atomic E-state index is 0.148. The number of ether oxygens (including phenoxy) is 1. The molecule has 1 aliphatic heterocycles. The molecule has 1 fully saturated rings. The Labute approximate surface area is 192 Å². The number of halogens is 1. The predicted molar refractivity (Wildman–Crippen MR) is 125 cm³/mol. The Kier molecular flexibility index (Phi) is 5.77. The number of hydrogen-bond donors (Lipinski definition) is 0. The average molecular weight is 449 g/mol. The van der Waals surface area contributed by atoms with Crippen LogP contribution in [0.1, 0.15) is 35.3 Å². The van der Waals surface area contributed by atoms with Gasteiger partial charge in [-0.05, 0) is 61.6 Å². The first kappa shape index (κ1) is 20.9. The van der Waals surface area contributed by atoms with E-state index >= 15 is 0 Å². The van der Waals surface area contributed by atoms with E-state index in [4.69, 9.17) is 25.7 Å². The van der Waals surface area contributed by atoms with Crippen LogP contribution >= 0.6 is 11.6 Å². The van der Waals surface area contributed by atoms with Crippen LogP contribution in [-0.4, -0.2) is 34.5 Å². The van der Waals surface area contributed by atoms with Gasteiger partial charge in [-0.3, -0.25) is 4.40 Å². The number of benzene rings is 1. The molecule has 1 aromatic carbocycles. The normalized spacial score (nSPS) is 16.1. The zero-order valence-corrected chi connectivity index (χ0v) is 18.8. The second kappa shape index (κ2) is 8.85. The number of rotatable bonds is 7.